The summed E-state index contributed by atoms with van der Waals surface area (Å²) in [4.78, 5) is 50.5. The molecule has 3 N–H and O–H groups in total. The Morgan fingerprint density at radius 3 is 1.85 bits per heavy atom. The molecular formula is C27H30F5N3O6. The van der Waals surface area contributed by atoms with Gasteiger partial charge in [0.1, 0.15) is 23.6 Å². The molecule has 0 fully saturated rings. The highest BCUT2D eigenvalue weighted by molar-refractivity contribution is 5.97. The van der Waals surface area contributed by atoms with Crippen molar-refractivity contribution in [2.75, 3.05) is 14.2 Å². The van der Waals surface area contributed by atoms with Gasteiger partial charge in [-0.2, -0.15) is 22.0 Å². The largest absolute Gasteiger partial charge is 0.497 e. The zero-order valence-corrected chi connectivity index (χ0v) is 22.8. The smallest absolute Gasteiger partial charge is 0.452 e. The van der Waals surface area contributed by atoms with Crippen LogP contribution in [-0.2, 0) is 25.1 Å². The van der Waals surface area contributed by atoms with Gasteiger partial charge < -0.3 is 25.4 Å². The Hall–Kier alpha value is -4.23. The van der Waals surface area contributed by atoms with Gasteiger partial charge in [-0.1, -0.05) is 38.1 Å². The van der Waals surface area contributed by atoms with Crippen LogP contribution >= 0.6 is 0 Å². The minimum Gasteiger partial charge on any atom is -0.497 e. The van der Waals surface area contributed by atoms with E-state index in [-0.39, 0.29) is 11.3 Å². The van der Waals surface area contributed by atoms with Crippen molar-refractivity contribution in [3.8, 4) is 11.5 Å². The number of nitrogens with one attached hydrogen (secondary N) is 3. The lowest BCUT2D eigenvalue weighted by molar-refractivity contribution is -0.175. The van der Waals surface area contributed by atoms with Crippen molar-refractivity contribution < 1.29 is 50.6 Å². The second kappa shape index (κ2) is 13.4. The van der Waals surface area contributed by atoms with Crippen LogP contribution in [0.5, 0.6) is 11.5 Å². The van der Waals surface area contributed by atoms with Crippen molar-refractivity contribution in [1.29, 1.82) is 0 Å². The second-order valence-corrected chi connectivity index (χ2v) is 9.28. The number of benzene rings is 2. The standard InChI is InChI=1S/C27H30F5N3O6/c1-14(2)20(22(36)27(30,31)32)34-24(38)21(16-10-12-17(40-4)13-11-16)35-23(37)15(3)33-25(39)26(28,29)18-8-6-7-9-19(18)41-5/h6-15,20-21H,1-5H3,(H,33,39)(H,34,38)(H,35,37). The maximum atomic E-state index is 14.9. The highest BCUT2D eigenvalue weighted by Gasteiger charge is 2.46. The van der Waals surface area contributed by atoms with Crippen LogP contribution in [0.4, 0.5) is 22.0 Å². The predicted octanol–water partition coefficient (Wildman–Crippen LogP) is 3.43. The van der Waals surface area contributed by atoms with Crippen LogP contribution in [0, 0.1) is 5.92 Å². The van der Waals surface area contributed by atoms with Crippen LogP contribution in [0.3, 0.4) is 0 Å². The molecule has 2 aromatic carbocycles. The third kappa shape index (κ3) is 8.14. The van der Waals surface area contributed by atoms with E-state index in [2.05, 4.69) is 5.32 Å². The number of halogens is 5. The van der Waals surface area contributed by atoms with E-state index in [1.807, 2.05) is 10.6 Å². The summed E-state index contributed by atoms with van der Waals surface area (Å²) >= 11 is 0. The predicted molar refractivity (Wildman–Crippen MR) is 136 cm³/mol. The molecule has 2 rings (SSSR count). The number of hydrogen-bond acceptors (Lipinski definition) is 6. The highest BCUT2D eigenvalue weighted by atomic mass is 19.4. The number of para-hydroxylation sites is 1. The van der Waals surface area contributed by atoms with E-state index in [0.29, 0.717) is 5.75 Å². The van der Waals surface area contributed by atoms with Crippen molar-refractivity contribution in [2.24, 2.45) is 5.92 Å². The maximum absolute atomic E-state index is 14.9. The Kier molecular flexibility index (Phi) is 10.8. The molecule has 0 heterocycles. The quantitative estimate of drug-likeness (QED) is 0.327. The van der Waals surface area contributed by atoms with Crippen LogP contribution < -0.4 is 25.4 Å². The van der Waals surface area contributed by atoms with Crippen LogP contribution in [0.2, 0.25) is 0 Å². The number of Topliss-reactive ketones (excluding diaryl/α,β-unsaturated/α-hetero) is 1. The summed E-state index contributed by atoms with van der Waals surface area (Å²) in [5.41, 5.74) is -0.686. The summed E-state index contributed by atoms with van der Waals surface area (Å²) in [7, 11) is 2.50. The average molecular weight is 588 g/mol. The van der Waals surface area contributed by atoms with Crippen molar-refractivity contribution >= 4 is 23.5 Å². The fourth-order valence-corrected chi connectivity index (χ4v) is 3.69. The van der Waals surface area contributed by atoms with Gasteiger partial charge in [-0.3, -0.25) is 19.2 Å². The van der Waals surface area contributed by atoms with Crippen LogP contribution in [0.15, 0.2) is 48.5 Å². The molecule has 3 amide bonds. The van der Waals surface area contributed by atoms with E-state index in [1.54, 1.807) is 0 Å². The SMILES string of the molecule is COc1ccc(C(NC(=O)C(C)NC(=O)C(F)(F)c2ccccc2OC)C(=O)NC(C(=O)C(F)(F)F)C(C)C)cc1. The lowest BCUT2D eigenvalue weighted by Gasteiger charge is -2.27. The molecule has 0 saturated heterocycles. The molecule has 0 saturated carbocycles. The van der Waals surface area contributed by atoms with Gasteiger partial charge in [0.25, 0.3) is 11.7 Å². The molecule has 0 aliphatic heterocycles. The van der Waals surface area contributed by atoms with Gasteiger partial charge in [0.05, 0.1) is 25.8 Å². The topological polar surface area (TPSA) is 123 Å². The first-order chi connectivity index (χ1) is 19.0. The third-order valence-electron chi connectivity index (χ3n) is 6.00. The lowest BCUT2D eigenvalue weighted by Crippen LogP contribution is -2.55. The van der Waals surface area contributed by atoms with E-state index < -0.39 is 65.2 Å². The van der Waals surface area contributed by atoms with Crippen molar-refractivity contribution in [3.63, 3.8) is 0 Å². The molecule has 2 aromatic rings. The van der Waals surface area contributed by atoms with Crippen LogP contribution in [0.1, 0.15) is 37.9 Å². The van der Waals surface area contributed by atoms with Crippen LogP contribution in [0.25, 0.3) is 0 Å². The van der Waals surface area contributed by atoms with E-state index >= 15 is 0 Å². The Morgan fingerprint density at radius 2 is 1.34 bits per heavy atom. The Morgan fingerprint density at radius 1 is 0.756 bits per heavy atom. The van der Waals surface area contributed by atoms with Gasteiger partial charge in [-0.15, -0.1) is 0 Å². The maximum Gasteiger partial charge on any atom is 0.452 e. The summed E-state index contributed by atoms with van der Waals surface area (Å²) in [6, 6.07) is 5.07. The van der Waals surface area contributed by atoms with E-state index in [9.17, 15) is 41.1 Å². The number of alkyl halides is 5. The Bertz CT molecular complexity index is 1250. The third-order valence-corrected chi connectivity index (χ3v) is 6.00. The zero-order valence-electron chi connectivity index (χ0n) is 22.8. The highest BCUT2D eigenvalue weighted by Crippen LogP contribution is 2.35. The molecule has 0 radical (unpaired) electrons. The number of ketones is 1. The van der Waals surface area contributed by atoms with Gasteiger partial charge in [0, 0.05) is 0 Å². The summed E-state index contributed by atoms with van der Waals surface area (Å²) in [6.07, 6.45) is -5.24. The number of hydrogen-bond donors (Lipinski definition) is 3. The number of rotatable bonds is 12. The minimum atomic E-state index is -5.24. The summed E-state index contributed by atoms with van der Waals surface area (Å²) in [5, 5.41) is 6.13. The van der Waals surface area contributed by atoms with Gasteiger partial charge >= 0.3 is 12.1 Å². The van der Waals surface area contributed by atoms with E-state index in [4.69, 9.17) is 9.47 Å². The summed E-state index contributed by atoms with van der Waals surface area (Å²) in [5.74, 6) is -11.3. The number of methoxy groups -OCH3 is 2. The summed E-state index contributed by atoms with van der Waals surface area (Å²) in [6.45, 7) is 3.64. The van der Waals surface area contributed by atoms with Gasteiger partial charge in [0.15, 0.2) is 0 Å². The molecule has 3 unspecified atom stereocenters. The molecule has 0 bridgehead atoms. The van der Waals surface area contributed by atoms with E-state index in [1.165, 1.54) is 63.4 Å². The Balaban J connectivity index is 2.31. The van der Waals surface area contributed by atoms with E-state index in [0.717, 1.165) is 20.1 Å². The van der Waals surface area contributed by atoms with Gasteiger partial charge in [0.2, 0.25) is 11.8 Å². The van der Waals surface area contributed by atoms with Crippen molar-refractivity contribution in [2.45, 2.75) is 51.0 Å². The zero-order chi connectivity index (χ0) is 31.1. The molecule has 3 atom stereocenters. The Labute approximate surface area is 232 Å². The molecule has 0 spiro atoms. The van der Waals surface area contributed by atoms with Crippen LogP contribution in [-0.4, -0.2) is 56.0 Å². The fourth-order valence-electron chi connectivity index (χ4n) is 3.69. The number of carbonyl (C=O) groups is 4. The minimum absolute atomic E-state index is 0.0662. The lowest BCUT2D eigenvalue weighted by atomic mass is 9.97. The van der Waals surface area contributed by atoms with Gasteiger partial charge in [-0.05, 0) is 42.7 Å². The summed E-state index contributed by atoms with van der Waals surface area (Å²) < 4.78 is 79.1. The monoisotopic (exact) mass is 587 g/mol. The molecule has 0 aromatic heterocycles. The first kappa shape index (κ1) is 33.0. The molecule has 41 heavy (non-hydrogen) atoms. The fraction of sp³-hybridized carbons (Fsp3) is 0.407. The number of ether oxygens (including phenoxy) is 2. The normalized spacial score (nSPS) is 13.9. The van der Waals surface area contributed by atoms with Gasteiger partial charge in [-0.25, -0.2) is 0 Å². The number of carbonyl (C=O) groups excluding carboxylic acids is 4. The number of amides is 3. The van der Waals surface area contributed by atoms with Crippen molar-refractivity contribution in [3.05, 3.63) is 59.7 Å². The molecular weight excluding hydrogens is 557 g/mol. The molecule has 14 heteroatoms. The second-order valence-electron chi connectivity index (χ2n) is 9.28. The molecule has 224 valence electrons. The molecule has 0 aliphatic rings. The van der Waals surface area contributed by atoms with Crippen molar-refractivity contribution in [1.82, 2.24) is 16.0 Å². The molecule has 0 aliphatic carbocycles. The first-order valence-corrected chi connectivity index (χ1v) is 12.2. The first-order valence-electron chi connectivity index (χ1n) is 12.2. The average Bonchev–Trinajstić information content (AvgIpc) is 2.93. The molecule has 9 nitrogen and oxygen atoms in total.